The minimum atomic E-state index is 0.684. The normalized spacial score (nSPS) is 16.9. The highest BCUT2D eigenvalue weighted by atomic mass is 16.6. The van der Waals surface area contributed by atoms with E-state index in [0.717, 1.165) is 18.4 Å². The Balaban J connectivity index is 1.99. The third kappa shape index (κ3) is 4.38. The predicted molar refractivity (Wildman–Crippen MR) is 79.7 cm³/mol. The first kappa shape index (κ1) is 14.1. The van der Waals surface area contributed by atoms with E-state index in [9.17, 15) is 0 Å². The van der Waals surface area contributed by atoms with Gasteiger partial charge in [0.1, 0.15) is 12.8 Å². The zero-order chi connectivity index (χ0) is 13.3. The number of benzene rings is 1. The summed E-state index contributed by atoms with van der Waals surface area (Å²) in [4.78, 5) is 5.23. The van der Waals surface area contributed by atoms with Crippen LogP contribution in [0.3, 0.4) is 0 Å². The van der Waals surface area contributed by atoms with E-state index in [2.05, 4.69) is 42.6 Å². The number of hydrogen-bond acceptors (Lipinski definition) is 2. The molecule has 2 heteroatoms. The molecule has 1 aliphatic carbocycles. The second-order valence-electron chi connectivity index (χ2n) is 5.31. The molecule has 0 spiro atoms. The van der Waals surface area contributed by atoms with E-state index in [-0.39, 0.29) is 0 Å². The molecule has 19 heavy (non-hydrogen) atoms. The lowest BCUT2D eigenvalue weighted by Crippen LogP contribution is -2.07. The van der Waals surface area contributed by atoms with E-state index in [4.69, 9.17) is 4.84 Å². The highest BCUT2D eigenvalue weighted by Crippen LogP contribution is 2.33. The highest BCUT2D eigenvalue weighted by Gasteiger charge is 2.17. The van der Waals surface area contributed by atoms with E-state index >= 15 is 0 Å². The third-order valence-electron chi connectivity index (χ3n) is 3.83. The van der Waals surface area contributed by atoms with Crippen molar-refractivity contribution in [3.05, 3.63) is 35.4 Å². The number of rotatable bonds is 6. The number of nitrogens with zero attached hydrogens (tertiary/aromatic N) is 1. The average Bonchev–Trinajstić information content (AvgIpc) is 2.48. The number of hydrogen-bond donors (Lipinski definition) is 0. The lowest BCUT2D eigenvalue weighted by atomic mass is 9.82. The Morgan fingerprint density at radius 3 is 2.79 bits per heavy atom. The monoisotopic (exact) mass is 258 g/mol. The van der Waals surface area contributed by atoms with Gasteiger partial charge in [0.2, 0.25) is 0 Å². The van der Waals surface area contributed by atoms with Crippen molar-refractivity contribution in [1.29, 1.82) is 0 Å². The molecule has 0 heterocycles. The zero-order valence-electron chi connectivity index (χ0n) is 11.9. The summed E-state index contributed by atoms with van der Waals surface area (Å²) < 4.78 is 0. The lowest BCUT2D eigenvalue weighted by Gasteiger charge is -2.23. The SMILES string of the molecule is CCCCO/N=[C]\c1ccccc1C1CCCCC1. The molecular weight excluding hydrogens is 234 g/mol. The van der Waals surface area contributed by atoms with Gasteiger partial charge in [0.25, 0.3) is 0 Å². The molecule has 0 aliphatic heterocycles. The summed E-state index contributed by atoms with van der Waals surface area (Å²) in [5.74, 6) is 0.684. The van der Waals surface area contributed by atoms with Gasteiger partial charge in [-0.3, -0.25) is 0 Å². The van der Waals surface area contributed by atoms with Crippen molar-refractivity contribution in [1.82, 2.24) is 0 Å². The van der Waals surface area contributed by atoms with E-state index in [1.165, 1.54) is 37.7 Å². The summed E-state index contributed by atoms with van der Waals surface area (Å²) in [7, 11) is 0. The molecule has 0 bridgehead atoms. The summed E-state index contributed by atoms with van der Waals surface area (Å²) in [6.45, 7) is 2.84. The van der Waals surface area contributed by atoms with Gasteiger partial charge in [0.15, 0.2) is 0 Å². The summed E-state index contributed by atoms with van der Waals surface area (Å²) in [6.07, 6.45) is 11.9. The molecule has 0 amide bonds. The fourth-order valence-electron chi connectivity index (χ4n) is 2.70. The molecule has 0 atom stereocenters. The van der Waals surface area contributed by atoms with E-state index in [1.54, 1.807) is 0 Å². The van der Waals surface area contributed by atoms with Crippen molar-refractivity contribution in [3.63, 3.8) is 0 Å². The zero-order valence-corrected chi connectivity index (χ0v) is 11.9. The van der Waals surface area contributed by atoms with Crippen LogP contribution >= 0.6 is 0 Å². The summed E-state index contributed by atoms with van der Waals surface area (Å²) in [5, 5.41) is 3.98. The van der Waals surface area contributed by atoms with Crippen molar-refractivity contribution >= 4 is 6.21 Å². The largest absolute Gasteiger partial charge is 0.395 e. The Labute approximate surface area is 116 Å². The highest BCUT2D eigenvalue weighted by molar-refractivity contribution is 5.81. The fraction of sp³-hybridized carbons (Fsp3) is 0.588. The third-order valence-corrected chi connectivity index (χ3v) is 3.83. The molecule has 0 saturated heterocycles. The topological polar surface area (TPSA) is 21.6 Å². The smallest absolute Gasteiger partial charge is 0.139 e. The standard InChI is InChI=1S/C17H24NO/c1-2-3-13-19-18-14-16-11-7-8-12-17(16)15-9-5-4-6-10-15/h7-8,11-12,15H,2-6,9-10,13H2,1H3. The molecule has 1 aromatic carbocycles. The number of unbranched alkanes of at least 4 members (excludes halogenated alkanes) is 1. The van der Waals surface area contributed by atoms with E-state index in [1.807, 2.05) is 0 Å². The van der Waals surface area contributed by atoms with Crippen LogP contribution in [0.4, 0.5) is 0 Å². The predicted octanol–water partition coefficient (Wildman–Crippen LogP) is 4.76. The minimum absolute atomic E-state index is 0.684. The Kier molecular flexibility index (Phi) is 5.93. The molecule has 1 saturated carbocycles. The van der Waals surface area contributed by atoms with Crippen LogP contribution in [0.25, 0.3) is 0 Å². The quantitative estimate of drug-likeness (QED) is 0.409. The van der Waals surface area contributed by atoms with Crippen LogP contribution in [0.2, 0.25) is 0 Å². The first-order valence-corrected chi connectivity index (χ1v) is 7.58. The summed E-state index contributed by atoms with van der Waals surface area (Å²) in [6, 6.07) is 8.49. The van der Waals surface area contributed by atoms with Crippen molar-refractivity contribution in [3.8, 4) is 0 Å². The molecule has 103 valence electrons. The maximum Gasteiger partial charge on any atom is 0.139 e. The van der Waals surface area contributed by atoms with Gasteiger partial charge in [0, 0.05) is 5.56 Å². The van der Waals surface area contributed by atoms with Gasteiger partial charge in [0.05, 0.1) is 0 Å². The summed E-state index contributed by atoms with van der Waals surface area (Å²) >= 11 is 0. The maximum absolute atomic E-state index is 5.23. The Hall–Kier alpha value is -1.31. The molecular formula is C17H24NO. The van der Waals surface area contributed by atoms with Gasteiger partial charge in [-0.1, -0.05) is 62.0 Å². The van der Waals surface area contributed by atoms with Crippen molar-refractivity contribution < 1.29 is 4.84 Å². The molecule has 1 aliphatic rings. The molecule has 2 rings (SSSR count). The van der Waals surface area contributed by atoms with Crippen molar-refractivity contribution in [2.45, 2.75) is 57.8 Å². The molecule has 1 fully saturated rings. The second-order valence-corrected chi connectivity index (χ2v) is 5.31. The van der Waals surface area contributed by atoms with Crippen LogP contribution in [-0.2, 0) is 4.84 Å². The Bertz CT molecular complexity index is 394. The van der Waals surface area contributed by atoms with Crippen molar-refractivity contribution in [2.75, 3.05) is 6.61 Å². The van der Waals surface area contributed by atoms with E-state index in [0.29, 0.717) is 12.5 Å². The van der Waals surface area contributed by atoms with Crippen molar-refractivity contribution in [2.24, 2.45) is 5.16 Å². The molecule has 0 unspecified atom stereocenters. The van der Waals surface area contributed by atoms with Crippen LogP contribution in [0, 0.1) is 0 Å². The molecule has 1 radical (unpaired) electrons. The molecule has 0 N–H and O–H groups in total. The van der Waals surface area contributed by atoms with Crippen LogP contribution in [-0.4, -0.2) is 12.8 Å². The lowest BCUT2D eigenvalue weighted by molar-refractivity contribution is 0.143. The summed E-state index contributed by atoms with van der Waals surface area (Å²) in [5.41, 5.74) is 2.50. The minimum Gasteiger partial charge on any atom is -0.395 e. The van der Waals surface area contributed by atoms with Crippen LogP contribution in [0.5, 0.6) is 0 Å². The Morgan fingerprint density at radius 2 is 2.00 bits per heavy atom. The van der Waals surface area contributed by atoms with Gasteiger partial charge in [-0.15, -0.1) is 0 Å². The second kappa shape index (κ2) is 7.98. The maximum atomic E-state index is 5.23. The van der Waals surface area contributed by atoms with Crippen LogP contribution in [0.1, 0.15) is 68.9 Å². The molecule has 1 aromatic rings. The van der Waals surface area contributed by atoms with Gasteiger partial charge in [-0.05, 0) is 30.7 Å². The Morgan fingerprint density at radius 1 is 1.21 bits per heavy atom. The average molecular weight is 258 g/mol. The van der Waals surface area contributed by atoms with Gasteiger partial charge in [-0.25, -0.2) is 0 Å². The van der Waals surface area contributed by atoms with Gasteiger partial charge in [-0.2, -0.15) is 0 Å². The van der Waals surface area contributed by atoms with Gasteiger partial charge >= 0.3 is 0 Å². The fourth-order valence-corrected chi connectivity index (χ4v) is 2.70. The molecule has 2 nitrogen and oxygen atoms in total. The van der Waals surface area contributed by atoms with E-state index < -0.39 is 0 Å². The first-order valence-electron chi connectivity index (χ1n) is 7.58. The first-order chi connectivity index (χ1) is 9.42. The van der Waals surface area contributed by atoms with Crippen LogP contribution < -0.4 is 0 Å². The molecule has 0 aromatic heterocycles. The van der Waals surface area contributed by atoms with Gasteiger partial charge < -0.3 is 4.84 Å². The van der Waals surface area contributed by atoms with Crippen LogP contribution in [0.15, 0.2) is 29.4 Å².